The SMILES string of the molecule is CC(C)(C)C(C)(C)NC(=O)C(CC(=O)O)NC(=O)OCC1c2ccccc2-c2ccccc21. The molecule has 1 unspecified atom stereocenters. The van der Waals surface area contributed by atoms with Gasteiger partial charge < -0.3 is 20.5 Å². The third-order valence-corrected chi connectivity index (χ3v) is 6.64. The molecule has 0 heterocycles. The summed E-state index contributed by atoms with van der Waals surface area (Å²) in [6, 6.07) is 14.7. The molecule has 1 atom stereocenters. The lowest BCUT2D eigenvalue weighted by Gasteiger charge is -2.40. The first-order chi connectivity index (χ1) is 15.4. The average molecular weight is 453 g/mol. The molecule has 2 aromatic carbocycles. The van der Waals surface area contributed by atoms with Crippen molar-refractivity contribution < 1.29 is 24.2 Å². The van der Waals surface area contributed by atoms with Crippen LogP contribution in [0.25, 0.3) is 11.1 Å². The van der Waals surface area contributed by atoms with E-state index in [-0.39, 0.29) is 17.9 Å². The molecule has 0 saturated carbocycles. The number of rotatable bonds is 7. The molecular weight excluding hydrogens is 420 g/mol. The van der Waals surface area contributed by atoms with E-state index in [1.807, 2.05) is 83.1 Å². The second-order valence-electron chi connectivity index (χ2n) is 9.98. The summed E-state index contributed by atoms with van der Waals surface area (Å²) >= 11 is 0. The van der Waals surface area contributed by atoms with Gasteiger partial charge in [-0.2, -0.15) is 0 Å². The Morgan fingerprint density at radius 3 is 1.94 bits per heavy atom. The molecule has 0 aliphatic heterocycles. The van der Waals surface area contributed by atoms with Gasteiger partial charge in [0.2, 0.25) is 5.91 Å². The smallest absolute Gasteiger partial charge is 0.407 e. The normalized spacial score (nSPS) is 14.1. The van der Waals surface area contributed by atoms with Gasteiger partial charge in [0.25, 0.3) is 0 Å². The van der Waals surface area contributed by atoms with Gasteiger partial charge in [-0.1, -0.05) is 69.3 Å². The summed E-state index contributed by atoms with van der Waals surface area (Å²) in [5, 5.41) is 14.6. The molecule has 0 saturated heterocycles. The van der Waals surface area contributed by atoms with Crippen LogP contribution >= 0.6 is 0 Å². The summed E-state index contributed by atoms with van der Waals surface area (Å²) in [7, 11) is 0. The Balaban J connectivity index is 1.69. The van der Waals surface area contributed by atoms with Crippen molar-refractivity contribution in [3.05, 3.63) is 59.7 Å². The minimum Gasteiger partial charge on any atom is -0.481 e. The first-order valence-corrected chi connectivity index (χ1v) is 11.1. The lowest BCUT2D eigenvalue weighted by atomic mass is 9.76. The Kier molecular flexibility index (Phi) is 6.81. The molecule has 7 nitrogen and oxygen atoms in total. The van der Waals surface area contributed by atoms with E-state index in [1.165, 1.54) is 0 Å². The Hall–Kier alpha value is -3.35. The van der Waals surface area contributed by atoms with E-state index < -0.39 is 36.0 Å². The number of benzene rings is 2. The van der Waals surface area contributed by atoms with Gasteiger partial charge in [0, 0.05) is 11.5 Å². The standard InChI is InChI=1S/C26H32N2O5/c1-25(2,3)26(4,5)28-23(31)21(14-22(29)30)27-24(32)33-15-20-18-12-8-6-10-16(18)17-11-7-9-13-19(17)20/h6-13,20-21H,14-15H2,1-5H3,(H,27,32)(H,28,31)(H,29,30). The highest BCUT2D eigenvalue weighted by Gasteiger charge is 2.37. The molecule has 0 fully saturated rings. The van der Waals surface area contributed by atoms with Crippen LogP contribution in [0.1, 0.15) is 58.1 Å². The lowest BCUT2D eigenvalue weighted by molar-refractivity contribution is -0.140. The maximum absolute atomic E-state index is 12.8. The Morgan fingerprint density at radius 2 is 1.45 bits per heavy atom. The molecule has 33 heavy (non-hydrogen) atoms. The van der Waals surface area contributed by atoms with Crippen LogP contribution in [-0.2, 0) is 14.3 Å². The van der Waals surface area contributed by atoms with Crippen molar-refractivity contribution >= 4 is 18.0 Å². The fourth-order valence-corrected chi connectivity index (χ4v) is 3.75. The minimum absolute atomic E-state index is 0.0781. The molecule has 0 radical (unpaired) electrons. The number of carbonyl (C=O) groups excluding carboxylic acids is 2. The van der Waals surface area contributed by atoms with Gasteiger partial charge in [0.1, 0.15) is 12.6 Å². The number of amides is 2. The number of hydrogen-bond acceptors (Lipinski definition) is 4. The largest absolute Gasteiger partial charge is 0.481 e. The number of hydrogen-bond donors (Lipinski definition) is 3. The molecule has 7 heteroatoms. The van der Waals surface area contributed by atoms with Gasteiger partial charge in [0.15, 0.2) is 0 Å². The monoisotopic (exact) mass is 452 g/mol. The lowest BCUT2D eigenvalue weighted by Crippen LogP contribution is -2.58. The van der Waals surface area contributed by atoms with E-state index in [4.69, 9.17) is 4.74 Å². The minimum atomic E-state index is -1.25. The van der Waals surface area contributed by atoms with Crippen molar-refractivity contribution in [2.24, 2.45) is 5.41 Å². The van der Waals surface area contributed by atoms with Crippen molar-refractivity contribution in [3.8, 4) is 11.1 Å². The van der Waals surface area contributed by atoms with Gasteiger partial charge >= 0.3 is 12.1 Å². The first kappa shape index (κ1) is 24.3. The topological polar surface area (TPSA) is 105 Å². The molecule has 176 valence electrons. The number of alkyl carbamates (subject to hydrolysis) is 1. The molecule has 0 spiro atoms. The van der Waals surface area contributed by atoms with Gasteiger partial charge in [-0.25, -0.2) is 4.79 Å². The number of carboxylic acid groups (broad SMARTS) is 1. The fourth-order valence-electron chi connectivity index (χ4n) is 3.75. The molecular formula is C26H32N2O5. The third kappa shape index (κ3) is 5.35. The van der Waals surface area contributed by atoms with Crippen LogP contribution < -0.4 is 10.6 Å². The summed E-state index contributed by atoms with van der Waals surface area (Å²) in [5.41, 5.74) is 3.45. The van der Waals surface area contributed by atoms with E-state index in [9.17, 15) is 19.5 Å². The zero-order valence-electron chi connectivity index (χ0n) is 19.8. The highest BCUT2D eigenvalue weighted by Crippen LogP contribution is 2.44. The van der Waals surface area contributed by atoms with E-state index in [2.05, 4.69) is 10.6 Å². The van der Waals surface area contributed by atoms with Crippen LogP contribution in [-0.4, -0.2) is 41.3 Å². The van der Waals surface area contributed by atoms with Crippen LogP contribution in [0.4, 0.5) is 4.79 Å². The van der Waals surface area contributed by atoms with Crippen molar-refractivity contribution in [3.63, 3.8) is 0 Å². The van der Waals surface area contributed by atoms with Crippen LogP contribution in [0.5, 0.6) is 0 Å². The van der Waals surface area contributed by atoms with Crippen LogP contribution in [0.2, 0.25) is 0 Å². The zero-order valence-corrected chi connectivity index (χ0v) is 19.8. The predicted molar refractivity (Wildman–Crippen MR) is 126 cm³/mol. The van der Waals surface area contributed by atoms with Crippen molar-refractivity contribution in [1.29, 1.82) is 0 Å². The summed E-state index contributed by atoms with van der Waals surface area (Å²) in [6.07, 6.45) is -1.37. The van der Waals surface area contributed by atoms with Gasteiger partial charge in [-0.05, 0) is 41.5 Å². The third-order valence-electron chi connectivity index (χ3n) is 6.64. The summed E-state index contributed by atoms with van der Waals surface area (Å²) in [4.78, 5) is 36.7. The van der Waals surface area contributed by atoms with Crippen LogP contribution in [0, 0.1) is 5.41 Å². The maximum atomic E-state index is 12.8. The number of carbonyl (C=O) groups is 3. The Bertz CT molecular complexity index is 1010. The average Bonchev–Trinajstić information content (AvgIpc) is 3.04. The van der Waals surface area contributed by atoms with Gasteiger partial charge in [-0.15, -0.1) is 0 Å². The predicted octanol–water partition coefficient (Wildman–Crippen LogP) is 4.31. The molecule has 3 rings (SSSR count). The molecule has 1 aliphatic carbocycles. The summed E-state index contributed by atoms with van der Waals surface area (Å²) in [5.74, 6) is -1.89. The van der Waals surface area contributed by atoms with Crippen LogP contribution in [0.3, 0.4) is 0 Å². The maximum Gasteiger partial charge on any atom is 0.407 e. The quantitative estimate of drug-likeness (QED) is 0.581. The highest BCUT2D eigenvalue weighted by molar-refractivity contribution is 5.89. The van der Waals surface area contributed by atoms with E-state index in [0.29, 0.717) is 0 Å². The van der Waals surface area contributed by atoms with Crippen LogP contribution in [0.15, 0.2) is 48.5 Å². The second-order valence-corrected chi connectivity index (χ2v) is 9.98. The molecule has 0 aromatic heterocycles. The number of fused-ring (bicyclic) bond motifs is 3. The zero-order chi connectivity index (χ0) is 24.4. The number of ether oxygens (including phenoxy) is 1. The van der Waals surface area contributed by atoms with E-state index >= 15 is 0 Å². The Morgan fingerprint density at radius 1 is 0.939 bits per heavy atom. The van der Waals surface area contributed by atoms with Crippen molar-refractivity contribution in [1.82, 2.24) is 10.6 Å². The second kappa shape index (κ2) is 9.25. The summed E-state index contributed by atoms with van der Waals surface area (Å²) in [6.45, 7) is 9.70. The van der Waals surface area contributed by atoms with Crippen molar-refractivity contribution in [2.75, 3.05) is 6.61 Å². The molecule has 0 bridgehead atoms. The molecule has 2 amide bonds. The number of nitrogens with one attached hydrogen (secondary N) is 2. The molecule has 2 aromatic rings. The van der Waals surface area contributed by atoms with E-state index in [0.717, 1.165) is 22.3 Å². The number of carboxylic acids is 1. The Labute approximate surface area is 194 Å². The van der Waals surface area contributed by atoms with Gasteiger partial charge in [-0.3, -0.25) is 9.59 Å². The van der Waals surface area contributed by atoms with Gasteiger partial charge in [0.05, 0.1) is 6.42 Å². The number of aliphatic carboxylic acids is 1. The molecule has 1 aliphatic rings. The fraction of sp³-hybridized carbons (Fsp3) is 0.423. The first-order valence-electron chi connectivity index (χ1n) is 11.1. The summed E-state index contributed by atoms with van der Waals surface area (Å²) < 4.78 is 5.48. The van der Waals surface area contributed by atoms with E-state index in [1.54, 1.807) is 0 Å². The highest BCUT2D eigenvalue weighted by atomic mass is 16.5. The molecule has 3 N–H and O–H groups in total. The van der Waals surface area contributed by atoms with Crippen molar-refractivity contribution in [2.45, 2.75) is 58.5 Å².